The summed E-state index contributed by atoms with van der Waals surface area (Å²) in [5.41, 5.74) is 5.38. The third kappa shape index (κ3) is 3.59. The lowest BCUT2D eigenvalue weighted by Gasteiger charge is -2.24. The van der Waals surface area contributed by atoms with Crippen LogP contribution in [0.15, 0.2) is 17.3 Å². The van der Waals surface area contributed by atoms with Crippen LogP contribution in [0.4, 0.5) is 0 Å². The van der Waals surface area contributed by atoms with E-state index in [1.807, 2.05) is 6.08 Å². The van der Waals surface area contributed by atoms with Gasteiger partial charge < -0.3 is 20.4 Å². The van der Waals surface area contributed by atoms with Crippen molar-refractivity contribution >= 4 is 11.8 Å². The summed E-state index contributed by atoms with van der Waals surface area (Å²) < 4.78 is 10.2. The van der Waals surface area contributed by atoms with Crippen LogP contribution in [0.2, 0.25) is 0 Å². The highest BCUT2D eigenvalue weighted by molar-refractivity contribution is 5.86. The van der Waals surface area contributed by atoms with Gasteiger partial charge in [0.2, 0.25) is 0 Å². The number of oxime groups is 1. The molecule has 6 nitrogen and oxygen atoms in total. The van der Waals surface area contributed by atoms with Gasteiger partial charge in [0.25, 0.3) is 0 Å². The maximum Gasteiger partial charge on any atom is 0.302 e. The molecule has 1 heterocycles. The van der Waals surface area contributed by atoms with E-state index in [9.17, 15) is 4.79 Å². The van der Waals surface area contributed by atoms with Crippen LogP contribution >= 0.6 is 0 Å². The van der Waals surface area contributed by atoms with Crippen molar-refractivity contribution in [3.05, 3.63) is 12.2 Å². The summed E-state index contributed by atoms with van der Waals surface area (Å²) in [5, 5.41) is 11.3. The first-order chi connectivity index (χ1) is 7.13. The second-order valence-electron chi connectivity index (χ2n) is 3.17. The van der Waals surface area contributed by atoms with Gasteiger partial charge in [0.05, 0.1) is 6.10 Å². The number of rotatable bonds is 3. The molecular weight excluding hydrogens is 200 g/mol. The van der Waals surface area contributed by atoms with Crippen LogP contribution in [0.1, 0.15) is 13.3 Å². The molecule has 0 saturated heterocycles. The van der Waals surface area contributed by atoms with Gasteiger partial charge in [-0.1, -0.05) is 17.3 Å². The fourth-order valence-corrected chi connectivity index (χ4v) is 1.21. The molecule has 1 aliphatic heterocycles. The minimum absolute atomic E-state index is 0.0150. The fourth-order valence-electron chi connectivity index (χ4n) is 1.21. The Labute approximate surface area is 87.3 Å². The first kappa shape index (κ1) is 11.5. The molecule has 0 aromatic carbocycles. The number of carbonyl (C=O) groups is 1. The van der Waals surface area contributed by atoms with E-state index in [4.69, 9.17) is 20.4 Å². The van der Waals surface area contributed by atoms with E-state index in [0.717, 1.165) is 0 Å². The Balaban J connectivity index is 2.45. The van der Waals surface area contributed by atoms with E-state index in [-0.39, 0.29) is 24.5 Å². The lowest BCUT2D eigenvalue weighted by atomic mass is 10.1. The van der Waals surface area contributed by atoms with E-state index in [1.54, 1.807) is 6.08 Å². The molecule has 0 amide bonds. The third-order valence-electron chi connectivity index (χ3n) is 1.93. The first-order valence-electron chi connectivity index (χ1n) is 4.56. The van der Waals surface area contributed by atoms with Crippen molar-refractivity contribution in [2.75, 3.05) is 6.61 Å². The van der Waals surface area contributed by atoms with Gasteiger partial charge in [-0.25, -0.2) is 0 Å². The highest BCUT2D eigenvalue weighted by atomic mass is 16.6. The molecule has 0 bridgehead atoms. The summed E-state index contributed by atoms with van der Waals surface area (Å²) >= 11 is 0. The molecule has 0 saturated carbocycles. The van der Waals surface area contributed by atoms with Crippen LogP contribution in [0.3, 0.4) is 0 Å². The number of ether oxygens (including phenoxy) is 2. The number of amidine groups is 1. The molecule has 0 fully saturated rings. The van der Waals surface area contributed by atoms with Gasteiger partial charge in [-0.3, -0.25) is 4.79 Å². The van der Waals surface area contributed by atoms with E-state index >= 15 is 0 Å². The molecule has 0 radical (unpaired) electrons. The maximum atomic E-state index is 10.6. The van der Waals surface area contributed by atoms with Gasteiger partial charge in [-0.15, -0.1) is 0 Å². The summed E-state index contributed by atoms with van der Waals surface area (Å²) in [6.07, 6.45) is 3.39. The van der Waals surface area contributed by atoms with Gasteiger partial charge in [0.1, 0.15) is 12.7 Å². The lowest BCUT2D eigenvalue weighted by molar-refractivity contribution is -0.145. The van der Waals surface area contributed by atoms with Gasteiger partial charge in [-0.05, 0) is 6.42 Å². The molecule has 2 atom stereocenters. The average Bonchev–Trinajstić information content (AvgIpc) is 2.25. The second-order valence-corrected chi connectivity index (χ2v) is 3.17. The molecule has 1 aliphatic rings. The Hall–Kier alpha value is -1.56. The van der Waals surface area contributed by atoms with Gasteiger partial charge in [0, 0.05) is 6.92 Å². The second kappa shape index (κ2) is 5.35. The van der Waals surface area contributed by atoms with Crippen LogP contribution in [0, 0.1) is 0 Å². The Morgan fingerprint density at radius 1 is 1.80 bits per heavy atom. The SMILES string of the molecule is CC(=O)OCC1CC=CC(/C(N)=N/O)O1. The number of carbonyl (C=O) groups excluding carboxylic acids is 1. The average molecular weight is 214 g/mol. The van der Waals surface area contributed by atoms with Crippen molar-refractivity contribution in [2.24, 2.45) is 10.9 Å². The van der Waals surface area contributed by atoms with E-state index in [2.05, 4.69) is 5.16 Å². The van der Waals surface area contributed by atoms with Crippen LogP contribution in [-0.2, 0) is 14.3 Å². The largest absolute Gasteiger partial charge is 0.463 e. The van der Waals surface area contributed by atoms with Crippen LogP contribution in [0.5, 0.6) is 0 Å². The van der Waals surface area contributed by atoms with Gasteiger partial charge in [0.15, 0.2) is 5.84 Å². The quantitative estimate of drug-likeness (QED) is 0.172. The smallest absolute Gasteiger partial charge is 0.302 e. The monoisotopic (exact) mass is 214 g/mol. The molecule has 84 valence electrons. The fraction of sp³-hybridized carbons (Fsp3) is 0.556. The lowest BCUT2D eigenvalue weighted by Crippen LogP contribution is -2.37. The number of hydrogen-bond acceptors (Lipinski definition) is 5. The van der Waals surface area contributed by atoms with Gasteiger partial charge >= 0.3 is 5.97 Å². The summed E-state index contributed by atoms with van der Waals surface area (Å²) in [5.74, 6) is -0.368. The highest BCUT2D eigenvalue weighted by Gasteiger charge is 2.22. The molecule has 2 unspecified atom stereocenters. The van der Waals surface area contributed by atoms with Crippen LogP contribution in [0.25, 0.3) is 0 Å². The molecule has 0 aromatic heterocycles. The van der Waals surface area contributed by atoms with Crippen molar-refractivity contribution in [1.82, 2.24) is 0 Å². The molecule has 0 spiro atoms. The summed E-state index contributed by atoms with van der Waals surface area (Å²) in [6.45, 7) is 1.51. The maximum absolute atomic E-state index is 10.6. The van der Waals surface area contributed by atoms with Crippen LogP contribution < -0.4 is 5.73 Å². The Morgan fingerprint density at radius 2 is 2.53 bits per heavy atom. The molecule has 6 heteroatoms. The number of nitrogens with zero attached hydrogens (tertiary/aromatic N) is 1. The molecule has 1 rings (SSSR count). The third-order valence-corrected chi connectivity index (χ3v) is 1.93. The van der Waals surface area contributed by atoms with E-state index in [1.165, 1.54) is 6.92 Å². The first-order valence-corrected chi connectivity index (χ1v) is 4.56. The predicted molar refractivity (Wildman–Crippen MR) is 52.5 cm³/mol. The predicted octanol–water partition coefficient (Wildman–Crippen LogP) is 0.00960. The normalized spacial score (nSPS) is 26.3. The van der Waals surface area contributed by atoms with Crippen LogP contribution in [-0.4, -0.2) is 35.8 Å². The Bertz CT molecular complexity index is 288. The molecule has 3 N–H and O–H groups in total. The summed E-state index contributed by atoms with van der Waals surface area (Å²) in [4.78, 5) is 10.6. The van der Waals surface area contributed by atoms with Crippen molar-refractivity contribution in [3.63, 3.8) is 0 Å². The van der Waals surface area contributed by atoms with Gasteiger partial charge in [-0.2, -0.15) is 0 Å². The Kier molecular flexibility index (Phi) is 4.11. The minimum atomic E-state index is -0.552. The van der Waals surface area contributed by atoms with E-state index in [0.29, 0.717) is 6.42 Å². The van der Waals surface area contributed by atoms with Crippen molar-refractivity contribution < 1.29 is 19.5 Å². The zero-order chi connectivity index (χ0) is 11.3. The van der Waals surface area contributed by atoms with Crippen molar-refractivity contribution in [3.8, 4) is 0 Å². The number of hydrogen-bond donors (Lipinski definition) is 2. The van der Waals surface area contributed by atoms with Crippen molar-refractivity contribution in [1.29, 1.82) is 0 Å². The molecule has 15 heavy (non-hydrogen) atoms. The standard InChI is InChI=1S/C9H14N2O4/c1-6(12)14-5-7-3-2-4-8(15-7)9(10)11-13/h2,4,7-8,13H,3,5H2,1H3,(H2,10,11). The molecular formula is C9H14N2O4. The van der Waals surface area contributed by atoms with E-state index < -0.39 is 6.10 Å². The zero-order valence-electron chi connectivity index (χ0n) is 8.42. The van der Waals surface area contributed by atoms with Crippen molar-refractivity contribution in [2.45, 2.75) is 25.6 Å². The number of esters is 1. The minimum Gasteiger partial charge on any atom is -0.463 e. The molecule has 0 aliphatic carbocycles. The molecule has 0 aromatic rings. The topological polar surface area (TPSA) is 94.1 Å². The number of nitrogens with two attached hydrogens (primary N) is 1. The summed E-state index contributed by atoms with van der Waals surface area (Å²) in [7, 11) is 0. The summed E-state index contributed by atoms with van der Waals surface area (Å²) in [6, 6.07) is 0. The highest BCUT2D eigenvalue weighted by Crippen LogP contribution is 2.12. The zero-order valence-corrected chi connectivity index (χ0v) is 8.42. The Morgan fingerprint density at radius 3 is 3.13 bits per heavy atom.